The Morgan fingerprint density at radius 2 is 1.07 bits per heavy atom. The smallest absolute Gasteiger partial charge is 0.171 e. The molecule has 0 spiro atoms. The van der Waals surface area contributed by atoms with E-state index in [1.165, 1.54) is 0 Å². The summed E-state index contributed by atoms with van der Waals surface area (Å²) in [7, 11) is 0. The van der Waals surface area contributed by atoms with Crippen molar-refractivity contribution in [2.24, 2.45) is 0 Å². The van der Waals surface area contributed by atoms with Gasteiger partial charge in [-0.1, -0.05) is 121 Å². The Morgan fingerprint density at radius 3 is 1.57 bits per heavy atom. The minimum absolute atomic E-state index is 0.230. The fourth-order valence-corrected chi connectivity index (χ4v) is 4.89. The molecule has 3 atom stereocenters. The third-order valence-electron chi connectivity index (χ3n) is 7.14. The van der Waals surface area contributed by atoms with E-state index in [0.29, 0.717) is 31.3 Å². The van der Waals surface area contributed by atoms with Crippen molar-refractivity contribution in [3.8, 4) is 0 Å². The van der Waals surface area contributed by atoms with Gasteiger partial charge in [-0.25, -0.2) is 0 Å². The molecule has 6 nitrogen and oxygen atoms in total. The molecule has 6 heteroatoms. The SMILES string of the molecule is C[C@@]1(CO)OC(COCc2ccccc2)[C@@H](OCc2ccccc2)C(OCc2ccccc2)=C1OCc1ccccc1. The Morgan fingerprint density at radius 1 is 0.619 bits per heavy atom. The van der Waals surface area contributed by atoms with Gasteiger partial charge < -0.3 is 28.8 Å². The zero-order valence-electron chi connectivity index (χ0n) is 23.9. The van der Waals surface area contributed by atoms with Crippen LogP contribution in [0.15, 0.2) is 133 Å². The first-order valence-electron chi connectivity index (χ1n) is 14.3. The number of rotatable bonds is 14. The van der Waals surface area contributed by atoms with E-state index in [-0.39, 0.29) is 19.8 Å². The van der Waals surface area contributed by atoms with Crippen LogP contribution in [0.3, 0.4) is 0 Å². The second-order valence-corrected chi connectivity index (χ2v) is 10.5. The Hall–Kier alpha value is -3.94. The van der Waals surface area contributed by atoms with Gasteiger partial charge in [0.1, 0.15) is 31.0 Å². The number of aliphatic hydroxyl groups is 1. The van der Waals surface area contributed by atoms with Gasteiger partial charge >= 0.3 is 0 Å². The zero-order valence-corrected chi connectivity index (χ0v) is 23.9. The second-order valence-electron chi connectivity index (χ2n) is 10.5. The van der Waals surface area contributed by atoms with Crippen LogP contribution in [0.5, 0.6) is 0 Å². The molecule has 0 bridgehead atoms. The molecule has 218 valence electrons. The monoisotopic (exact) mass is 566 g/mol. The molecule has 5 rings (SSSR count). The fraction of sp³-hybridized carbons (Fsp3) is 0.278. The molecule has 4 aromatic rings. The highest BCUT2D eigenvalue weighted by atomic mass is 16.6. The van der Waals surface area contributed by atoms with Gasteiger partial charge in [-0.05, 0) is 29.2 Å². The molecule has 1 aliphatic rings. The molecular weight excluding hydrogens is 528 g/mol. The molecular formula is C36H38O6. The summed E-state index contributed by atoms with van der Waals surface area (Å²) in [5.74, 6) is 0.920. The Kier molecular flexibility index (Phi) is 10.4. The van der Waals surface area contributed by atoms with Crippen molar-refractivity contribution < 1.29 is 28.8 Å². The topological polar surface area (TPSA) is 66.4 Å². The lowest BCUT2D eigenvalue weighted by molar-refractivity contribution is -0.202. The molecule has 0 radical (unpaired) electrons. The average molecular weight is 567 g/mol. The maximum absolute atomic E-state index is 10.7. The summed E-state index contributed by atoms with van der Waals surface area (Å²) < 4.78 is 32.3. The van der Waals surface area contributed by atoms with E-state index in [1.807, 2.05) is 128 Å². The van der Waals surface area contributed by atoms with Crippen LogP contribution in [-0.2, 0) is 50.1 Å². The molecule has 0 saturated heterocycles. The van der Waals surface area contributed by atoms with E-state index in [1.54, 1.807) is 0 Å². The van der Waals surface area contributed by atoms with Gasteiger partial charge in [0.2, 0.25) is 0 Å². The van der Waals surface area contributed by atoms with Crippen molar-refractivity contribution >= 4 is 0 Å². The maximum Gasteiger partial charge on any atom is 0.171 e. The van der Waals surface area contributed by atoms with Crippen LogP contribution in [0.25, 0.3) is 0 Å². The van der Waals surface area contributed by atoms with Gasteiger partial charge in [0.05, 0.1) is 26.4 Å². The highest BCUT2D eigenvalue weighted by Crippen LogP contribution is 2.38. The minimum atomic E-state index is -1.17. The number of ether oxygens (including phenoxy) is 5. The summed E-state index contributed by atoms with van der Waals surface area (Å²) in [6.07, 6.45) is -1.21. The summed E-state index contributed by atoms with van der Waals surface area (Å²) in [6.45, 7) is 3.08. The fourth-order valence-electron chi connectivity index (χ4n) is 4.89. The largest absolute Gasteiger partial charge is 0.487 e. The predicted octanol–water partition coefficient (Wildman–Crippen LogP) is 6.58. The molecule has 0 aromatic heterocycles. The molecule has 0 aliphatic carbocycles. The summed E-state index contributed by atoms with van der Waals surface area (Å²) in [4.78, 5) is 0. The highest BCUT2D eigenvalue weighted by Gasteiger charge is 2.48. The third-order valence-corrected chi connectivity index (χ3v) is 7.14. The van der Waals surface area contributed by atoms with E-state index in [2.05, 4.69) is 0 Å². The molecule has 0 fully saturated rings. The van der Waals surface area contributed by atoms with Gasteiger partial charge in [-0.3, -0.25) is 0 Å². The standard InChI is InChI=1S/C36H38O6/c1-36(27-37)35(41-25-31-20-12-5-13-21-31)34(40-24-30-18-10-4-11-19-30)33(39-23-29-16-8-3-9-17-29)32(42-36)26-38-22-28-14-6-2-7-15-28/h2-21,32-33,37H,22-27H2,1H3/t32?,33-,36+/m1/s1. The molecule has 4 aromatic carbocycles. The minimum Gasteiger partial charge on any atom is -0.487 e. The lowest BCUT2D eigenvalue weighted by atomic mass is 9.95. The number of benzene rings is 4. The van der Waals surface area contributed by atoms with Gasteiger partial charge in [0.25, 0.3) is 0 Å². The van der Waals surface area contributed by atoms with Crippen molar-refractivity contribution in [3.63, 3.8) is 0 Å². The van der Waals surface area contributed by atoms with E-state index in [4.69, 9.17) is 23.7 Å². The van der Waals surface area contributed by atoms with E-state index in [9.17, 15) is 5.11 Å². The van der Waals surface area contributed by atoms with Gasteiger partial charge in [0, 0.05) is 0 Å². The summed E-state index contributed by atoms with van der Waals surface area (Å²) >= 11 is 0. The van der Waals surface area contributed by atoms with Crippen LogP contribution in [0, 0.1) is 0 Å². The van der Waals surface area contributed by atoms with E-state index >= 15 is 0 Å². The molecule has 1 heterocycles. The molecule has 1 unspecified atom stereocenters. The van der Waals surface area contributed by atoms with Gasteiger partial charge in [0.15, 0.2) is 11.5 Å². The first-order valence-corrected chi connectivity index (χ1v) is 14.3. The number of hydrogen-bond acceptors (Lipinski definition) is 6. The Labute approximate surface area is 248 Å². The molecule has 0 amide bonds. The van der Waals surface area contributed by atoms with Crippen LogP contribution >= 0.6 is 0 Å². The summed E-state index contributed by atoms with van der Waals surface area (Å²) in [5, 5.41) is 10.7. The van der Waals surface area contributed by atoms with Crippen molar-refractivity contribution in [1.29, 1.82) is 0 Å². The van der Waals surface area contributed by atoms with Crippen LogP contribution < -0.4 is 0 Å². The number of aliphatic hydroxyl groups excluding tert-OH is 1. The van der Waals surface area contributed by atoms with Gasteiger partial charge in [-0.15, -0.1) is 0 Å². The van der Waals surface area contributed by atoms with Crippen LogP contribution in [-0.4, -0.2) is 36.1 Å². The average Bonchev–Trinajstić information content (AvgIpc) is 3.05. The molecule has 0 saturated carbocycles. The van der Waals surface area contributed by atoms with Crippen molar-refractivity contribution in [1.82, 2.24) is 0 Å². The zero-order chi connectivity index (χ0) is 29.0. The summed E-state index contributed by atoms with van der Waals surface area (Å²) in [5.41, 5.74) is 2.90. The van der Waals surface area contributed by atoms with E-state index in [0.717, 1.165) is 22.3 Å². The summed E-state index contributed by atoms with van der Waals surface area (Å²) in [6, 6.07) is 39.8. The lowest BCUT2D eigenvalue weighted by Crippen LogP contribution is -2.53. The Balaban J connectivity index is 1.47. The van der Waals surface area contributed by atoms with Crippen molar-refractivity contribution in [3.05, 3.63) is 155 Å². The van der Waals surface area contributed by atoms with Crippen molar-refractivity contribution in [2.45, 2.75) is 51.2 Å². The first kappa shape index (κ1) is 29.5. The predicted molar refractivity (Wildman–Crippen MR) is 161 cm³/mol. The lowest BCUT2D eigenvalue weighted by Gasteiger charge is -2.43. The van der Waals surface area contributed by atoms with Crippen LogP contribution in [0.1, 0.15) is 29.2 Å². The maximum atomic E-state index is 10.7. The second kappa shape index (κ2) is 14.8. The first-order chi connectivity index (χ1) is 20.6. The molecule has 1 aliphatic heterocycles. The van der Waals surface area contributed by atoms with Crippen LogP contribution in [0.2, 0.25) is 0 Å². The van der Waals surface area contributed by atoms with E-state index < -0.39 is 17.8 Å². The quantitative estimate of drug-likeness (QED) is 0.186. The normalized spacial score (nSPS) is 20.3. The number of hydrogen-bond donors (Lipinski definition) is 1. The van der Waals surface area contributed by atoms with Crippen LogP contribution in [0.4, 0.5) is 0 Å². The van der Waals surface area contributed by atoms with Gasteiger partial charge in [-0.2, -0.15) is 0 Å². The molecule has 42 heavy (non-hydrogen) atoms. The molecule has 1 N–H and O–H groups in total. The van der Waals surface area contributed by atoms with Crippen molar-refractivity contribution in [2.75, 3.05) is 13.2 Å². The third kappa shape index (κ3) is 7.87. The Bertz CT molecular complexity index is 1380. The highest BCUT2D eigenvalue weighted by molar-refractivity contribution is 5.25.